The standard InChI is InChI=1S/C41H78O12S/c1-3-5-7-9-11-13-15-17-19-21-23-25-27-29-36(42)50-31-34(32-51-41-40(46)39(45)38(44)35(53-41)33-54(47,48)49)52-37(43)30-28-26-24-22-20-18-16-14-12-10-8-6-4-2/h34-35,38-41,44-46H,3-33H2,1-2H3,(H,47,48,49)/p-1/t34-,35-,38-,39+,40-,41+/m1/s1. The smallest absolute Gasteiger partial charge is 0.306 e. The highest BCUT2D eigenvalue weighted by Crippen LogP contribution is 2.24. The first-order valence-corrected chi connectivity index (χ1v) is 23.2. The van der Waals surface area contributed by atoms with E-state index in [1.165, 1.54) is 116 Å². The summed E-state index contributed by atoms with van der Waals surface area (Å²) in [6.45, 7) is 3.73. The first-order chi connectivity index (χ1) is 26.0. The first kappa shape index (κ1) is 50.7. The quantitative estimate of drug-likeness (QED) is 0.0318. The van der Waals surface area contributed by atoms with E-state index in [0.717, 1.165) is 38.5 Å². The van der Waals surface area contributed by atoms with Crippen LogP contribution in [0.1, 0.15) is 194 Å². The van der Waals surface area contributed by atoms with E-state index < -0.39 is 71.2 Å². The fourth-order valence-corrected chi connectivity index (χ4v) is 7.47. The molecule has 0 unspecified atom stereocenters. The summed E-state index contributed by atoms with van der Waals surface area (Å²) in [6, 6.07) is 0. The molecule has 0 aliphatic carbocycles. The van der Waals surface area contributed by atoms with Crippen molar-refractivity contribution in [1.29, 1.82) is 0 Å². The van der Waals surface area contributed by atoms with Crippen LogP contribution in [0.2, 0.25) is 0 Å². The minimum Gasteiger partial charge on any atom is -0.748 e. The van der Waals surface area contributed by atoms with Gasteiger partial charge in [-0.2, -0.15) is 0 Å². The lowest BCUT2D eigenvalue weighted by molar-refractivity contribution is -0.297. The molecular formula is C41H77O12S-. The second-order valence-corrected chi connectivity index (χ2v) is 16.8. The molecule has 0 aromatic heterocycles. The zero-order valence-corrected chi connectivity index (χ0v) is 34.6. The van der Waals surface area contributed by atoms with Crippen LogP contribution in [-0.4, -0.2) is 96.0 Å². The summed E-state index contributed by atoms with van der Waals surface area (Å²) in [6.07, 6.45) is 21.2. The van der Waals surface area contributed by atoms with Crippen molar-refractivity contribution in [1.82, 2.24) is 0 Å². The monoisotopic (exact) mass is 794 g/mol. The van der Waals surface area contributed by atoms with Crippen molar-refractivity contribution in [3.05, 3.63) is 0 Å². The van der Waals surface area contributed by atoms with Crippen molar-refractivity contribution < 1.29 is 56.8 Å². The highest BCUT2D eigenvalue weighted by Gasteiger charge is 2.45. The van der Waals surface area contributed by atoms with Gasteiger partial charge >= 0.3 is 11.9 Å². The Labute approximate surface area is 327 Å². The van der Waals surface area contributed by atoms with Gasteiger partial charge in [-0.05, 0) is 12.8 Å². The molecule has 13 heteroatoms. The van der Waals surface area contributed by atoms with Gasteiger partial charge in [0.15, 0.2) is 12.4 Å². The normalized spacial score (nSPS) is 20.9. The summed E-state index contributed by atoms with van der Waals surface area (Å²) in [5.74, 6) is -2.09. The maximum Gasteiger partial charge on any atom is 0.306 e. The van der Waals surface area contributed by atoms with E-state index >= 15 is 0 Å². The largest absolute Gasteiger partial charge is 0.748 e. The Bertz CT molecular complexity index is 1030. The van der Waals surface area contributed by atoms with Crippen molar-refractivity contribution in [3.8, 4) is 0 Å². The number of hydrogen-bond acceptors (Lipinski definition) is 12. The van der Waals surface area contributed by atoms with Gasteiger partial charge < -0.3 is 38.8 Å². The average molecular weight is 794 g/mol. The van der Waals surface area contributed by atoms with Crippen LogP contribution in [0.4, 0.5) is 0 Å². The summed E-state index contributed by atoms with van der Waals surface area (Å²) in [5, 5.41) is 30.7. The maximum atomic E-state index is 12.8. The Morgan fingerprint density at radius 1 is 0.574 bits per heavy atom. The predicted molar refractivity (Wildman–Crippen MR) is 209 cm³/mol. The minimum atomic E-state index is -4.84. The van der Waals surface area contributed by atoms with Crippen LogP contribution < -0.4 is 0 Å². The van der Waals surface area contributed by atoms with Crippen molar-refractivity contribution in [2.75, 3.05) is 19.0 Å². The summed E-state index contributed by atoms with van der Waals surface area (Å²) >= 11 is 0. The third kappa shape index (κ3) is 27.3. The molecule has 1 fully saturated rings. The Balaban J connectivity index is 2.46. The fraction of sp³-hybridized carbons (Fsp3) is 0.951. The molecule has 1 aliphatic heterocycles. The lowest BCUT2D eigenvalue weighted by atomic mass is 10.00. The molecule has 320 valence electrons. The van der Waals surface area contributed by atoms with E-state index in [9.17, 15) is 37.9 Å². The van der Waals surface area contributed by atoms with Crippen LogP contribution in [0.15, 0.2) is 0 Å². The molecule has 1 saturated heterocycles. The van der Waals surface area contributed by atoms with Crippen LogP contribution in [0.3, 0.4) is 0 Å². The van der Waals surface area contributed by atoms with Crippen LogP contribution in [0.5, 0.6) is 0 Å². The Morgan fingerprint density at radius 2 is 0.963 bits per heavy atom. The zero-order valence-electron chi connectivity index (χ0n) is 33.8. The highest BCUT2D eigenvalue weighted by atomic mass is 32.2. The predicted octanol–water partition coefficient (Wildman–Crippen LogP) is 7.77. The van der Waals surface area contributed by atoms with Crippen LogP contribution in [0, 0.1) is 0 Å². The van der Waals surface area contributed by atoms with Crippen molar-refractivity contribution >= 4 is 22.1 Å². The summed E-state index contributed by atoms with van der Waals surface area (Å²) < 4.78 is 55.7. The third-order valence-corrected chi connectivity index (χ3v) is 10.9. The maximum absolute atomic E-state index is 12.8. The van der Waals surface area contributed by atoms with E-state index in [1.54, 1.807) is 0 Å². The van der Waals surface area contributed by atoms with E-state index in [1.807, 2.05) is 0 Å². The van der Waals surface area contributed by atoms with Crippen LogP contribution in [0.25, 0.3) is 0 Å². The number of carbonyl (C=O) groups is 2. The molecule has 0 spiro atoms. The van der Waals surface area contributed by atoms with E-state index in [2.05, 4.69) is 13.8 Å². The topological polar surface area (TPSA) is 189 Å². The lowest BCUT2D eigenvalue weighted by Gasteiger charge is -2.40. The van der Waals surface area contributed by atoms with Gasteiger partial charge in [-0.25, -0.2) is 8.42 Å². The fourth-order valence-electron chi connectivity index (χ4n) is 6.79. The molecule has 0 radical (unpaired) electrons. The molecule has 0 bridgehead atoms. The summed E-state index contributed by atoms with van der Waals surface area (Å²) in [7, 11) is -4.84. The third-order valence-electron chi connectivity index (χ3n) is 10.2. The molecular weight excluding hydrogens is 717 g/mol. The number of aliphatic hydroxyl groups excluding tert-OH is 3. The zero-order chi connectivity index (χ0) is 39.9. The average Bonchev–Trinajstić information content (AvgIpc) is 3.13. The van der Waals surface area contributed by atoms with Crippen molar-refractivity contribution in [2.45, 2.75) is 230 Å². The molecule has 1 rings (SSSR count). The van der Waals surface area contributed by atoms with Gasteiger partial charge in [-0.15, -0.1) is 0 Å². The van der Waals surface area contributed by atoms with Crippen LogP contribution in [-0.2, 0) is 38.7 Å². The summed E-state index contributed by atoms with van der Waals surface area (Å²) in [4.78, 5) is 25.3. The van der Waals surface area contributed by atoms with Gasteiger partial charge in [0.25, 0.3) is 0 Å². The van der Waals surface area contributed by atoms with Crippen molar-refractivity contribution in [2.24, 2.45) is 0 Å². The molecule has 0 amide bonds. The molecule has 1 heterocycles. The number of aliphatic hydroxyl groups is 3. The Morgan fingerprint density at radius 3 is 1.37 bits per heavy atom. The minimum absolute atomic E-state index is 0.165. The lowest BCUT2D eigenvalue weighted by Crippen LogP contribution is -2.60. The highest BCUT2D eigenvalue weighted by molar-refractivity contribution is 7.85. The molecule has 0 saturated carbocycles. The van der Waals surface area contributed by atoms with Gasteiger partial charge in [0.2, 0.25) is 0 Å². The molecule has 3 N–H and O–H groups in total. The number of rotatable bonds is 36. The Hall–Kier alpha value is -1.35. The van der Waals surface area contributed by atoms with Crippen LogP contribution >= 0.6 is 0 Å². The number of esters is 2. The van der Waals surface area contributed by atoms with Gasteiger partial charge in [0, 0.05) is 12.8 Å². The van der Waals surface area contributed by atoms with Gasteiger partial charge in [0.05, 0.1) is 22.5 Å². The number of unbranched alkanes of at least 4 members (excludes halogenated alkanes) is 24. The van der Waals surface area contributed by atoms with Gasteiger partial charge in [-0.3, -0.25) is 9.59 Å². The van der Waals surface area contributed by atoms with Gasteiger partial charge in [0.1, 0.15) is 31.0 Å². The van der Waals surface area contributed by atoms with E-state index in [-0.39, 0.29) is 19.4 Å². The number of carbonyl (C=O) groups excluding carboxylic acids is 2. The first-order valence-electron chi connectivity index (χ1n) is 21.6. The number of ether oxygens (including phenoxy) is 4. The molecule has 0 aromatic carbocycles. The summed E-state index contributed by atoms with van der Waals surface area (Å²) in [5.41, 5.74) is 0. The van der Waals surface area contributed by atoms with Crippen molar-refractivity contribution in [3.63, 3.8) is 0 Å². The second kappa shape index (κ2) is 32.7. The number of hydrogen-bond donors (Lipinski definition) is 3. The second-order valence-electron chi connectivity index (χ2n) is 15.4. The molecule has 12 nitrogen and oxygen atoms in total. The molecule has 54 heavy (non-hydrogen) atoms. The molecule has 1 aliphatic rings. The molecule has 6 atom stereocenters. The van der Waals surface area contributed by atoms with Gasteiger partial charge in [-0.1, -0.05) is 168 Å². The molecule has 0 aromatic rings. The van der Waals surface area contributed by atoms with E-state index in [4.69, 9.17) is 18.9 Å². The van der Waals surface area contributed by atoms with E-state index in [0.29, 0.717) is 12.8 Å². The SMILES string of the molecule is CCCCCCCCCCCCCCCC(=O)OC[C@H](CO[C@H]1O[C@H](CS(=O)(=O)[O-])[C@@H](O)[C@H](O)[C@H]1O)OC(=O)CCCCCCCCCCCCCCC. The Kier molecular flexibility index (Phi) is 30.7.